The van der Waals surface area contributed by atoms with Crippen LogP contribution >= 0.6 is 15.9 Å². The van der Waals surface area contributed by atoms with Crippen molar-refractivity contribution < 1.29 is 24.2 Å². The van der Waals surface area contributed by atoms with Crippen LogP contribution in [0.2, 0.25) is 18.6 Å². The third-order valence-corrected chi connectivity index (χ3v) is 14.9. The Bertz CT molecular complexity index is 1740. The highest BCUT2D eigenvalue weighted by Crippen LogP contribution is 2.61. The van der Waals surface area contributed by atoms with Crippen molar-refractivity contribution >= 4 is 52.4 Å². The van der Waals surface area contributed by atoms with E-state index in [1.165, 1.54) is 5.19 Å². The van der Waals surface area contributed by atoms with E-state index in [4.69, 9.17) is 9.47 Å². The van der Waals surface area contributed by atoms with Gasteiger partial charge in [-0.25, -0.2) is 0 Å². The molecule has 7 nitrogen and oxygen atoms in total. The monoisotopic (exact) mass is 712 g/mol. The number of carbonyl (C=O) groups excluding carboxylic acids is 2. The van der Waals surface area contributed by atoms with E-state index >= 15 is 0 Å². The highest BCUT2D eigenvalue weighted by molar-refractivity contribution is 9.10. The molecule has 1 N–H and O–H groups in total. The van der Waals surface area contributed by atoms with Crippen LogP contribution in [-0.4, -0.2) is 56.3 Å². The number of para-hydroxylation sites is 1. The summed E-state index contributed by atoms with van der Waals surface area (Å²) in [5.74, 6) is 0.279. The number of ether oxygens (including phenoxy) is 2. The van der Waals surface area contributed by atoms with E-state index in [1.807, 2.05) is 91.0 Å². The molecule has 0 radical (unpaired) electrons. The van der Waals surface area contributed by atoms with E-state index in [-0.39, 0.29) is 42.8 Å². The molecule has 0 bridgehead atoms. The number of amides is 2. The summed E-state index contributed by atoms with van der Waals surface area (Å²) in [5, 5.41) is 11.1. The van der Waals surface area contributed by atoms with Crippen LogP contribution in [0.3, 0.4) is 0 Å². The van der Waals surface area contributed by atoms with Crippen LogP contribution in [0, 0.1) is 5.92 Å². The van der Waals surface area contributed by atoms with Gasteiger partial charge in [-0.05, 0) is 53.6 Å². The summed E-state index contributed by atoms with van der Waals surface area (Å²) in [5.41, 5.74) is 1.97. The lowest BCUT2D eigenvalue weighted by atomic mass is 9.82. The minimum Gasteiger partial charge on any atom is -0.497 e. The number of fused-ring (bicyclic) bond motifs is 2. The largest absolute Gasteiger partial charge is 0.497 e. The molecule has 0 aliphatic carbocycles. The van der Waals surface area contributed by atoms with Gasteiger partial charge in [0.1, 0.15) is 5.75 Å². The number of aliphatic hydroxyl groups excluding tert-OH is 1. The van der Waals surface area contributed by atoms with Crippen molar-refractivity contribution in [1.29, 1.82) is 0 Å². The maximum Gasteiger partial charge on any atom is 0.268 e. The molecule has 2 aliphatic rings. The molecule has 244 valence electrons. The number of anilines is 2. The standard InChI is InChI=1S/C38H41BrN2O5Si/c1-26-36(47(3,4)31-18-16-30(45-2)17-19-31)34(24-35(43)40(21-22-42)25-27-11-7-5-8-12-27)46-38(26)32-23-28(39)15-20-33(32)41(37(38)44)29-13-9-6-10-14-29/h5-20,23,26,34,36,42H,21-22,24-25H2,1-4H3/t26-,34+,36-,38+/m0/s1. The van der Waals surface area contributed by atoms with Crippen molar-refractivity contribution in [1.82, 2.24) is 4.90 Å². The van der Waals surface area contributed by atoms with Crippen molar-refractivity contribution in [3.05, 3.63) is 119 Å². The fourth-order valence-electron chi connectivity index (χ4n) is 7.76. The number of hydrogen-bond donors (Lipinski definition) is 1. The Morgan fingerprint density at radius 2 is 1.66 bits per heavy atom. The first-order valence-electron chi connectivity index (χ1n) is 16.1. The van der Waals surface area contributed by atoms with Crippen molar-refractivity contribution in [2.45, 2.75) is 50.2 Å². The van der Waals surface area contributed by atoms with Crippen LogP contribution in [0.5, 0.6) is 5.75 Å². The zero-order valence-electron chi connectivity index (χ0n) is 27.2. The zero-order valence-corrected chi connectivity index (χ0v) is 29.8. The number of hydrogen-bond acceptors (Lipinski definition) is 5. The molecule has 0 saturated carbocycles. The second-order valence-corrected chi connectivity index (χ2v) is 18.6. The maximum atomic E-state index is 15.0. The molecule has 1 saturated heterocycles. The first-order valence-corrected chi connectivity index (χ1v) is 19.9. The van der Waals surface area contributed by atoms with Crippen molar-refractivity contribution in [2.24, 2.45) is 5.92 Å². The zero-order chi connectivity index (χ0) is 33.3. The average molecular weight is 714 g/mol. The van der Waals surface area contributed by atoms with Crippen molar-refractivity contribution in [3.8, 4) is 5.75 Å². The molecule has 9 heteroatoms. The topological polar surface area (TPSA) is 79.3 Å². The molecule has 0 unspecified atom stereocenters. The van der Waals surface area contributed by atoms with Gasteiger partial charge >= 0.3 is 0 Å². The summed E-state index contributed by atoms with van der Waals surface area (Å²) >= 11 is 3.67. The third-order valence-electron chi connectivity index (χ3n) is 10.0. The van der Waals surface area contributed by atoms with Gasteiger partial charge in [0.15, 0.2) is 5.60 Å². The summed E-state index contributed by atoms with van der Waals surface area (Å²) in [6.45, 7) is 7.19. The Balaban J connectivity index is 1.45. The van der Waals surface area contributed by atoms with Crippen LogP contribution in [0.15, 0.2) is 108 Å². The summed E-state index contributed by atoms with van der Waals surface area (Å²) in [6, 6.07) is 33.6. The van der Waals surface area contributed by atoms with Crippen molar-refractivity contribution in [2.75, 3.05) is 25.2 Å². The van der Waals surface area contributed by atoms with E-state index < -0.39 is 19.8 Å². The molecular weight excluding hydrogens is 672 g/mol. The summed E-state index contributed by atoms with van der Waals surface area (Å²) in [4.78, 5) is 32.6. The SMILES string of the molecule is COc1ccc([Si](C)(C)[C@@H]2[C@@H](CC(=O)N(CCO)Cc3ccccc3)O[C@]3(C(=O)N(c4ccccc4)c4ccc(Br)cc43)[C@H]2C)cc1. The van der Waals surface area contributed by atoms with Gasteiger partial charge in [0.05, 0.1) is 40.0 Å². The van der Waals surface area contributed by atoms with Crippen LogP contribution < -0.4 is 14.8 Å². The number of aliphatic hydroxyl groups is 1. The Labute approximate surface area is 286 Å². The lowest BCUT2D eigenvalue weighted by molar-refractivity contribution is -0.149. The van der Waals surface area contributed by atoms with Gasteiger partial charge < -0.3 is 19.5 Å². The van der Waals surface area contributed by atoms with E-state index in [2.05, 4.69) is 48.1 Å². The van der Waals surface area contributed by atoms with Gasteiger partial charge in [0, 0.05) is 34.7 Å². The lowest BCUT2D eigenvalue weighted by Crippen LogP contribution is -2.52. The van der Waals surface area contributed by atoms with Gasteiger partial charge in [0.2, 0.25) is 5.91 Å². The van der Waals surface area contributed by atoms with Crippen LogP contribution in [0.1, 0.15) is 24.5 Å². The Kier molecular flexibility index (Phi) is 9.44. The molecule has 1 spiro atoms. The summed E-state index contributed by atoms with van der Waals surface area (Å²) < 4.78 is 13.5. The molecule has 2 heterocycles. The van der Waals surface area contributed by atoms with Gasteiger partial charge in [0.25, 0.3) is 5.91 Å². The normalized spacial score (nSPS) is 22.0. The van der Waals surface area contributed by atoms with E-state index in [1.54, 1.807) is 16.9 Å². The Hall–Kier alpha value is -3.76. The van der Waals surface area contributed by atoms with E-state index in [0.29, 0.717) is 6.54 Å². The predicted octanol–water partition coefficient (Wildman–Crippen LogP) is 6.76. The first kappa shape index (κ1) is 33.1. The second kappa shape index (κ2) is 13.4. The predicted molar refractivity (Wildman–Crippen MR) is 191 cm³/mol. The average Bonchev–Trinajstić information content (AvgIpc) is 3.51. The highest BCUT2D eigenvalue weighted by Gasteiger charge is 2.66. The number of nitrogens with zero attached hydrogens (tertiary/aromatic N) is 2. The second-order valence-electron chi connectivity index (χ2n) is 13.0. The summed E-state index contributed by atoms with van der Waals surface area (Å²) in [7, 11) is -0.789. The maximum absolute atomic E-state index is 15.0. The van der Waals surface area contributed by atoms with E-state index in [9.17, 15) is 14.7 Å². The number of carbonyl (C=O) groups is 2. The lowest BCUT2D eigenvalue weighted by Gasteiger charge is -2.37. The molecule has 2 amide bonds. The molecular formula is C38H41BrN2O5Si. The van der Waals surface area contributed by atoms with Gasteiger partial charge in [-0.15, -0.1) is 0 Å². The van der Waals surface area contributed by atoms with Crippen LogP contribution in [-0.2, 0) is 26.5 Å². The highest BCUT2D eigenvalue weighted by atomic mass is 79.9. The van der Waals surface area contributed by atoms with E-state index in [0.717, 1.165) is 32.7 Å². The van der Waals surface area contributed by atoms with Crippen LogP contribution in [0.25, 0.3) is 0 Å². The molecule has 1 fully saturated rings. The fraction of sp³-hybridized carbons (Fsp3) is 0.316. The molecule has 6 rings (SSSR count). The number of halogens is 1. The van der Waals surface area contributed by atoms with Crippen LogP contribution in [0.4, 0.5) is 11.4 Å². The number of rotatable bonds is 10. The summed E-state index contributed by atoms with van der Waals surface area (Å²) in [6.07, 6.45) is -0.442. The molecule has 4 aromatic rings. The third kappa shape index (κ3) is 5.95. The molecule has 4 aromatic carbocycles. The fourth-order valence-corrected chi connectivity index (χ4v) is 12.1. The molecule has 47 heavy (non-hydrogen) atoms. The van der Waals surface area contributed by atoms with Gasteiger partial charge in [-0.2, -0.15) is 0 Å². The number of methoxy groups -OCH3 is 1. The minimum atomic E-state index is -2.44. The molecule has 0 aromatic heterocycles. The molecule has 2 aliphatic heterocycles. The van der Waals surface area contributed by atoms with Gasteiger partial charge in [-0.3, -0.25) is 14.5 Å². The molecule has 4 atom stereocenters. The number of benzene rings is 4. The Morgan fingerprint density at radius 3 is 2.30 bits per heavy atom. The first-order chi connectivity index (χ1) is 22.6. The van der Waals surface area contributed by atoms with Gasteiger partial charge in [-0.1, -0.05) is 102 Å². The Morgan fingerprint density at radius 1 is 1.00 bits per heavy atom. The smallest absolute Gasteiger partial charge is 0.268 e. The quantitative estimate of drug-likeness (QED) is 0.184. The van der Waals surface area contributed by atoms with Crippen molar-refractivity contribution in [3.63, 3.8) is 0 Å². The minimum absolute atomic E-state index is 0.0954.